The molecule has 0 aliphatic carbocycles. The average Bonchev–Trinajstić information content (AvgIpc) is 2.67. The molecule has 3 nitrogen and oxygen atoms in total. The summed E-state index contributed by atoms with van der Waals surface area (Å²) >= 11 is 0. The van der Waals surface area contributed by atoms with Gasteiger partial charge in [-0.25, -0.2) is 4.98 Å². The number of pyridine rings is 1. The molecule has 1 aromatic heterocycles. The van der Waals surface area contributed by atoms with Gasteiger partial charge in [0.25, 0.3) is 0 Å². The quantitative estimate of drug-likeness (QED) is 0.655. The van der Waals surface area contributed by atoms with Crippen molar-refractivity contribution in [2.45, 2.75) is 18.9 Å². The topological polar surface area (TPSA) is 42.4 Å². The van der Waals surface area contributed by atoms with Gasteiger partial charge in [-0.2, -0.15) is 4.39 Å². The van der Waals surface area contributed by atoms with Crippen LogP contribution in [0.2, 0.25) is 0 Å². The summed E-state index contributed by atoms with van der Waals surface area (Å²) in [5, 5.41) is 10.0. The summed E-state index contributed by atoms with van der Waals surface area (Å²) < 4.78 is 19.1. The van der Waals surface area contributed by atoms with Crippen LogP contribution < -0.4 is 4.74 Å². The fourth-order valence-electron chi connectivity index (χ4n) is 2.58. The molecular formula is C21H20FNO2. The molecular weight excluding hydrogens is 317 g/mol. The standard InChI is InChI=1S/C21H20FNO2/c22-21-18(7-4-14-23-21)8-11-19(24)15-25-20-12-9-17(10-13-20)16-5-2-1-3-6-16/h1-7,9-10,12-14,19,24H,8,11,15H2. The van der Waals surface area contributed by atoms with Crippen LogP contribution in [0, 0.1) is 5.95 Å². The molecule has 0 saturated carbocycles. The van der Waals surface area contributed by atoms with Crippen LogP contribution in [0.3, 0.4) is 0 Å². The molecule has 1 N–H and O–H groups in total. The lowest BCUT2D eigenvalue weighted by Gasteiger charge is -2.13. The molecule has 0 bridgehead atoms. The Labute approximate surface area is 146 Å². The number of rotatable bonds is 7. The number of halogens is 1. The lowest BCUT2D eigenvalue weighted by molar-refractivity contribution is 0.100. The third kappa shape index (κ3) is 4.88. The number of hydrogen-bond donors (Lipinski definition) is 1. The van der Waals surface area contributed by atoms with Gasteiger partial charge in [0.1, 0.15) is 12.4 Å². The Morgan fingerprint density at radius 2 is 1.64 bits per heavy atom. The molecule has 0 aliphatic rings. The van der Waals surface area contributed by atoms with Crippen LogP contribution in [0.5, 0.6) is 5.75 Å². The summed E-state index contributed by atoms with van der Waals surface area (Å²) in [7, 11) is 0. The molecule has 3 rings (SSSR count). The van der Waals surface area contributed by atoms with Crippen LogP contribution in [0.25, 0.3) is 11.1 Å². The van der Waals surface area contributed by atoms with Crippen molar-refractivity contribution in [3.63, 3.8) is 0 Å². The number of benzene rings is 2. The molecule has 4 heteroatoms. The summed E-state index contributed by atoms with van der Waals surface area (Å²) in [4.78, 5) is 3.60. The van der Waals surface area contributed by atoms with Crippen molar-refractivity contribution >= 4 is 0 Å². The minimum absolute atomic E-state index is 0.173. The van der Waals surface area contributed by atoms with Crippen molar-refractivity contribution in [1.29, 1.82) is 0 Å². The van der Waals surface area contributed by atoms with E-state index >= 15 is 0 Å². The van der Waals surface area contributed by atoms with E-state index in [0.717, 1.165) is 11.1 Å². The molecule has 0 aliphatic heterocycles. The molecule has 0 amide bonds. The van der Waals surface area contributed by atoms with Gasteiger partial charge in [-0.15, -0.1) is 0 Å². The normalized spacial score (nSPS) is 11.9. The Morgan fingerprint density at radius 1 is 0.920 bits per heavy atom. The lowest BCUT2D eigenvalue weighted by Crippen LogP contribution is -2.18. The van der Waals surface area contributed by atoms with Gasteiger partial charge >= 0.3 is 0 Å². The van der Waals surface area contributed by atoms with E-state index in [2.05, 4.69) is 17.1 Å². The maximum Gasteiger partial charge on any atom is 0.216 e. The number of aliphatic hydroxyl groups excluding tert-OH is 1. The highest BCUT2D eigenvalue weighted by Gasteiger charge is 2.09. The Bertz CT molecular complexity index is 791. The van der Waals surface area contributed by atoms with Gasteiger partial charge in [-0.05, 0) is 42.2 Å². The van der Waals surface area contributed by atoms with E-state index in [0.29, 0.717) is 24.2 Å². The summed E-state index contributed by atoms with van der Waals surface area (Å²) in [5.41, 5.74) is 2.77. The van der Waals surface area contributed by atoms with E-state index < -0.39 is 12.1 Å². The molecule has 2 aromatic carbocycles. The van der Waals surface area contributed by atoms with E-state index in [1.807, 2.05) is 42.5 Å². The van der Waals surface area contributed by atoms with Gasteiger partial charge in [-0.1, -0.05) is 48.5 Å². The first-order chi connectivity index (χ1) is 12.2. The SMILES string of the molecule is OC(CCc1cccnc1F)COc1ccc(-c2ccccc2)cc1. The molecule has 0 saturated heterocycles. The second-order valence-electron chi connectivity index (χ2n) is 5.85. The first-order valence-electron chi connectivity index (χ1n) is 8.28. The molecule has 1 atom stereocenters. The highest BCUT2D eigenvalue weighted by molar-refractivity contribution is 5.63. The fraction of sp³-hybridized carbons (Fsp3) is 0.190. The summed E-state index contributed by atoms with van der Waals surface area (Å²) in [5.74, 6) is 0.221. The minimum Gasteiger partial charge on any atom is -0.491 e. The van der Waals surface area contributed by atoms with Crippen LogP contribution in [0.15, 0.2) is 72.9 Å². The first kappa shape index (κ1) is 17.1. The lowest BCUT2D eigenvalue weighted by atomic mass is 10.1. The Kier molecular flexibility index (Phi) is 5.75. The number of nitrogens with zero attached hydrogens (tertiary/aromatic N) is 1. The highest BCUT2D eigenvalue weighted by atomic mass is 19.1. The van der Waals surface area contributed by atoms with Crippen molar-refractivity contribution in [2.24, 2.45) is 0 Å². The Balaban J connectivity index is 1.49. The summed E-state index contributed by atoms with van der Waals surface area (Å²) in [6, 6.07) is 21.2. The number of hydrogen-bond acceptors (Lipinski definition) is 3. The Morgan fingerprint density at radius 3 is 2.36 bits per heavy atom. The van der Waals surface area contributed by atoms with Crippen LogP contribution in [0.4, 0.5) is 4.39 Å². The van der Waals surface area contributed by atoms with E-state index in [1.165, 1.54) is 6.20 Å². The Hall–Kier alpha value is -2.72. The van der Waals surface area contributed by atoms with E-state index in [-0.39, 0.29) is 6.61 Å². The third-order valence-corrected chi connectivity index (χ3v) is 3.99. The van der Waals surface area contributed by atoms with Gasteiger partial charge in [0, 0.05) is 11.8 Å². The third-order valence-electron chi connectivity index (χ3n) is 3.99. The molecule has 0 fully saturated rings. The number of aliphatic hydroxyl groups is 1. The van der Waals surface area contributed by atoms with Crippen molar-refractivity contribution in [2.75, 3.05) is 6.61 Å². The van der Waals surface area contributed by atoms with Crippen LogP contribution in [-0.2, 0) is 6.42 Å². The summed E-state index contributed by atoms with van der Waals surface area (Å²) in [6.45, 7) is 0.173. The predicted octanol–water partition coefficient (Wildman–Crippen LogP) is 4.26. The fourth-order valence-corrected chi connectivity index (χ4v) is 2.58. The zero-order chi connectivity index (χ0) is 17.5. The monoisotopic (exact) mass is 337 g/mol. The average molecular weight is 337 g/mol. The molecule has 128 valence electrons. The van der Waals surface area contributed by atoms with Crippen molar-refractivity contribution < 1.29 is 14.2 Å². The molecule has 1 heterocycles. The molecule has 0 spiro atoms. The highest BCUT2D eigenvalue weighted by Crippen LogP contribution is 2.22. The van der Waals surface area contributed by atoms with Gasteiger partial charge in [0.15, 0.2) is 0 Å². The van der Waals surface area contributed by atoms with Crippen LogP contribution >= 0.6 is 0 Å². The van der Waals surface area contributed by atoms with Crippen molar-refractivity contribution in [1.82, 2.24) is 4.98 Å². The first-order valence-corrected chi connectivity index (χ1v) is 8.28. The van der Waals surface area contributed by atoms with E-state index in [1.54, 1.807) is 12.1 Å². The maximum atomic E-state index is 13.4. The smallest absolute Gasteiger partial charge is 0.216 e. The summed E-state index contributed by atoms with van der Waals surface area (Å²) in [6.07, 6.45) is 1.60. The maximum absolute atomic E-state index is 13.4. The van der Waals surface area contributed by atoms with Crippen molar-refractivity contribution in [3.8, 4) is 16.9 Å². The largest absolute Gasteiger partial charge is 0.491 e. The van der Waals surface area contributed by atoms with Gasteiger partial charge in [-0.3, -0.25) is 0 Å². The molecule has 25 heavy (non-hydrogen) atoms. The second kappa shape index (κ2) is 8.40. The molecule has 0 radical (unpaired) electrons. The number of aryl methyl sites for hydroxylation is 1. The van der Waals surface area contributed by atoms with Gasteiger partial charge in [0.05, 0.1) is 6.10 Å². The van der Waals surface area contributed by atoms with Crippen LogP contribution in [0.1, 0.15) is 12.0 Å². The van der Waals surface area contributed by atoms with Gasteiger partial charge < -0.3 is 9.84 Å². The molecule has 3 aromatic rings. The van der Waals surface area contributed by atoms with Gasteiger partial charge in [0.2, 0.25) is 5.95 Å². The zero-order valence-corrected chi connectivity index (χ0v) is 13.8. The predicted molar refractivity (Wildman–Crippen MR) is 95.9 cm³/mol. The second-order valence-corrected chi connectivity index (χ2v) is 5.85. The minimum atomic E-state index is -0.659. The van der Waals surface area contributed by atoms with Crippen LogP contribution in [-0.4, -0.2) is 22.8 Å². The number of aromatic nitrogens is 1. The van der Waals surface area contributed by atoms with Crippen molar-refractivity contribution in [3.05, 3.63) is 84.4 Å². The van der Waals surface area contributed by atoms with E-state index in [9.17, 15) is 9.50 Å². The number of ether oxygens (including phenoxy) is 1. The zero-order valence-electron chi connectivity index (χ0n) is 13.8. The molecule has 1 unspecified atom stereocenters. The van der Waals surface area contributed by atoms with E-state index in [4.69, 9.17) is 4.74 Å².